The van der Waals surface area contributed by atoms with E-state index in [9.17, 15) is 4.79 Å². The summed E-state index contributed by atoms with van der Waals surface area (Å²) >= 11 is 0. The average molecular weight is 310 g/mol. The topological polar surface area (TPSA) is 86.8 Å². The average Bonchev–Trinajstić information content (AvgIpc) is 2.97. The number of aromatic nitrogens is 3. The highest BCUT2D eigenvalue weighted by Gasteiger charge is 2.29. The molecule has 2 aromatic rings. The van der Waals surface area contributed by atoms with Gasteiger partial charge in [0.15, 0.2) is 0 Å². The minimum Gasteiger partial charge on any atom is -0.358 e. The minimum absolute atomic E-state index is 0.0606. The molecule has 7 heteroatoms. The van der Waals surface area contributed by atoms with E-state index in [1.807, 2.05) is 28.8 Å². The molecule has 0 radical (unpaired) electrons. The summed E-state index contributed by atoms with van der Waals surface area (Å²) in [5, 5.41) is 12.0. The molecule has 0 aliphatic carbocycles. The second-order valence-corrected chi connectivity index (χ2v) is 5.60. The number of pyridine rings is 1. The zero-order chi connectivity index (χ0) is 16.2. The van der Waals surface area contributed by atoms with Gasteiger partial charge >= 0.3 is 0 Å². The molecule has 23 heavy (non-hydrogen) atoms. The largest absolute Gasteiger partial charge is 0.358 e. The fourth-order valence-electron chi connectivity index (χ4n) is 2.67. The number of aryl methyl sites for hydroxylation is 1. The standard InChI is InChI=1S/C16H18N6O/c1-21-8-6-18-15(21)11-22-7-2-3-13(16(22)23)20-14-5-4-12(9-17)10-19-14/h4-6,8,10,13H,2-3,7,11H2,1H3,(H,19,20). The highest BCUT2D eigenvalue weighted by atomic mass is 16.2. The molecule has 1 aliphatic heterocycles. The number of likely N-dealkylation sites (tertiary alicyclic amines) is 1. The first-order valence-electron chi connectivity index (χ1n) is 7.55. The van der Waals surface area contributed by atoms with Crippen molar-refractivity contribution >= 4 is 11.7 Å². The van der Waals surface area contributed by atoms with Crippen LogP contribution in [-0.2, 0) is 18.4 Å². The van der Waals surface area contributed by atoms with Gasteiger partial charge in [-0.05, 0) is 25.0 Å². The first-order valence-corrected chi connectivity index (χ1v) is 7.55. The van der Waals surface area contributed by atoms with Gasteiger partial charge in [-0.25, -0.2) is 9.97 Å². The van der Waals surface area contributed by atoms with Crippen LogP contribution in [-0.4, -0.2) is 37.9 Å². The second-order valence-electron chi connectivity index (χ2n) is 5.60. The third kappa shape index (κ3) is 3.31. The number of piperidine rings is 1. The summed E-state index contributed by atoms with van der Waals surface area (Å²) in [7, 11) is 1.92. The molecule has 3 heterocycles. The van der Waals surface area contributed by atoms with Gasteiger partial charge < -0.3 is 14.8 Å². The Balaban J connectivity index is 1.67. The van der Waals surface area contributed by atoms with Crippen molar-refractivity contribution in [2.24, 2.45) is 7.05 Å². The molecule has 1 N–H and O–H groups in total. The van der Waals surface area contributed by atoms with Gasteiger partial charge in [-0.3, -0.25) is 4.79 Å². The summed E-state index contributed by atoms with van der Waals surface area (Å²) in [6.45, 7) is 1.26. The monoisotopic (exact) mass is 310 g/mol. The van der Waals surface area contributed by atoms with Gasteiger partial charge in [0.25, 0.3) is 0 Å². The van der Waals surface area contributed by atoms with E-state index in [1.165, 1.54) is 6.20 Å². The maximum atomic E-state index is 12.6. The number of hydrogen-bond acceptors (Lipinski definition) is 5. The Morgan fingerprint density at radius 1 is 1.43 bits per heavy atom. The summed E-state index contributed by atoms with van der Waals surface area (Å²) < 4.78 is 1.92. The van der Waals surface area contributed by atoms with E-state index in [1.54, 1.807) is 18.3 Å². The van der Waals surface area contributed by atoms with Crippen LogP contribution >= 0.6 is 0 Å². The van der Waals surface area contributed by atoms with Crippen molar-refractivity contribution in [3.8, 4) is 6.07 Å². The fraction of sp³-hybridized carbons (Fsp3) is 0.375. The Labute approximate surface area is 134 Å². The molecule has 0 spiro atoms. The first kappa shape index (κ1) is 15.0. The van der Waals surface area contributed by atoms with Crippen LogP contribution in [0.5, 0.6) is 0 Å². The predicted octanol–water partition coefficient (Wildman–Crippen LogP) is 1.29. The molecule has 0 saturated carbocycles. The lowest BCUT2D eigenvalue weighted by Gasteiger charge is -2.32. The van der Waals surface area contributed by atoms with E-state index in [0.717, 1.165) is 25.2 Å². The number of nitriles is 1. The van der Waals surface area contributed by atoms with Crippen molar-refractivity contribution in [1.82, 2.24) is 19.4 Å². The van der Waals surface area contributed by atoms with Crippen molar-refractivity contribution in [2.75, 3.05) is 11.9 Å². The minimum atomic E-state index is -0.288. The highest BCUT2D eigenvalue weighted by Crippen LogP contribution is 2.18. The number of amides is 1. The fourth-order valence-corrected chi connectivity index (χ4v) is 2.67. The molecule has 118 valence electrons. The molecule has 1 amide bonds. The van der Waals surface area contributed by atoms with E-state index in [4.69, 9.17) is 5.26 Å². The third-order valence-corrected chi connectivity index (χ3v) is 4.00. The lowest BCUT2D eigenvalue weighted by molar-refractivity contribution is -0.135. The van der Waals surface area contributed by atoms with Crippen LogP contribution in [0.25, 0.3) is 0 Å². The zero-order valence-corrected chi connectivity index (χ0v) is 12.9. The number of hydrogen-bond donors (Lipinski definition) is 1. The van der Waals surface area contributed by atoms with Crippen LogP contribution in [0.4, 0.5) is 5.82 Å². The van der Waals surface area contributed by atoms with Gasteiger partial charge in [-0.15, -0.1) is 0 Å². The molecule has 0 aromatic carbocycles. The van der Waals surface area contributed by atoms with Crippen molar-refractivity contribution in [3.63, 3.8) is 0 Å². The van der Waals surface area contributed by atoms with E-state index in [0.29, 0.717) is 17.9 Å². The van der Waals surface area contributed by atoms with Crippen molar-refractivity contribution < 1.29 is 4.79 Å². The molecular weight excluding hydrogens is 292 g/mol. The molecule has 1 atom stereocenters. The number of carbonyl (C=O) groups excluding carboxylic acids is 1. The lowest BCUT2D eigenvalue weighted by Crippen LogP contribution is -2.47. The molecule has 2 aromatic heterocycles. The normalized spacial score (nSPS) is 17.8. The Hall–Kier alpha value is -2.88. The van der Waals surface area contributed by atoms with Crippen LogP contribution in [0, 0.1) is 11.3 Å². The first-order chi connectivity index (χ1) is 11.2. The van der Waals surface area contributed by atoms with Gasteiger partial charge in [-0.2, -0.15) is 5.26 Å². The van der Waals surface area contributed by atoms with Crippen LogP contribution in [0.15, 0.2) is 30.7 Å². The van der Waals surface area contributed by atoms with Gasteiger partial charge in [-0.1, -0.05) is 0 Å². The van der Waals surface area contributed by atoms with Crippen LogP contribution in [0.2, 0.25) is 0 Å². The summed E-state index contributed by atoms with van der Waals surface area (Å²) in [6, 6.07) is 5.16. The molecule has 1 saturated heterocycles. The van der Waals surface area contributed by atoms with Crippen molar-refractivity contribution in [3.05, 3.63) is 42.1 Å². The summed E-state index contributed by atoms with van der Waals surface area (Å²) in [5.41, 5.74) is 0.502. The smallest absolute Gasteiger partial charge is 0.245 e. The Morgan fingerprint density at radius 2 is 2.30 bits per heavy atom. The molecule has 7 nitrogen and oxygen atoms in total. The number of nitrogens with one attached hydrogen (secondary N) is 1. The van der Waals surface area contributed by atoms with Crippen LogP contribution in [0.1, 0.15) is 24.2 Å². The molecule has 1 aliphatic rings. The van der Waals surface area contributed by atoms with Crippen LogP contribution in [0.3, 0.4) is 0 Å². The van der Waals surface area contributed by atoms with E-state index in [2.05, 4.69) is 15.3 Å². The maximum Gasteiger partial charge on any atom is 0.245 e. The van der Waals surface area contributed by atoms with Gasteiger partial charge in [0.05, 0.1) is 12.1 Å². The zero-order valence-electron chi connectivity index (χ0n) is 12.9. The SMILES string of the molecule is Cn1ccnc1CN1CCCC(Nc2ccc(C#N)cn2)C1=O. The third-order valence-electron chi connectivity index (χ3n) is 4.00. The predicted molar refractivity (Wildman–Crippen MR) is 84.2 cm³/mol. The highest BCUT2D eigenvalue weighted by molar-refractivity contribution is 5.85. The Morgan fingerprint density at radius 3 is 2.96 bits per heavy atom. The van der Waals surface area contributed by atoms with E-state index >= 15 is 0 Å². The van der Waals surface area contributed by atoms with E-state index < -0.39 is 0 Å². The van der Waals surface area contributed by atoms with Gasteiger partial charge in [0, 0.05) is 32.2 Å². The maximum absolute atomic E-state index is 12.6. The number of carbonyl (C=O) groups is 1. The van der Waals surface area contributed by atoms with Crippen LogP contribution < -0.4 is 5.32 Å². The Kier molecular flexibility index (Phi) is 4.24. The number of nitrogens with zero attached hydrogens (tertiary/aromatic N) is 5. The summed E-state index contributed by atoms with van der Waals surface area (Å²) in [6.07, 6.45) is 6.82. The number of anilines is 1. The number of imidazole rings is 1. The Bertz CT molecular complexity index is 730. The quantitative estimate of drug-likeness (QED) is 0.919. The number of rotatable bonds is 4. The van der Waals surface area contributed by atoms with E-state index in [-0.39, 0.29) is 11.9 Å². The molecule has 3 rings (SSSR count). The second kappa shape index (κ2) is 6.48. The van der Waals surface area contributed by atoms with Gasteiger partial charge in [0.1, 0.15) is 23.8 Å². The van der Waals surface area contributed by atoms with Gasteiger partial charge in [0.2, 0.25) is 5.91 Å². The molecule has 1 unspecified atom stereocenters. The summed E-state index contributed by atoms with van der Waals surface area (Å²) in [5.74, 6) is 1.54. The molecular formula is C16H18N6O. The molecule has 1 fully saturated rings. The van der Waals surface area contributed by atoms with Crippen molar-refractivity contribution in [1.29, 1.82) is 5.26 Å². The lowest BCUT2D eigenvalue weighted by atomic mass is 10.0. The van der Waals surface area contributed by atoms with Crippen molar-refractivity contribution in [2.45, 2.75) is 25.4 Å². The summed E-state index contributed by atoms with van der Waals surface area (Å²) in [4.78, 5) is 22.9. The molecule has 0 bridgehead atoms.